The van der Waals surface area contributed by atoms with E-state index in [1.54, 1.807) is 0 Å². The van der Waals surface area contributed by atoms with E-state index in [1.165, 1.54) is 0 Å². The van der Waals surface area contributed by atoms with Crippen molar-refractivity contribution in [1.29, 1.82) is 0 Å². The van der Waals surface area contributed by atoms with Crippen molar-refractivity contribution in [2.24, 2.45) is 0 Å². The highest BCUT2D eigenvalue weighted by Crippen LogP contribution is 2.34. The van der Waals surface area contributed by atoms with E-state index in [1.807, 2.05) is 16.9 Å². The van der Waals surface area contributed by atoms with Crippen LogP contribution in [0.3, 0.4) is 0 Å². The highest BCUT2D eigenvalue weighted by molar-refractivity contribution is 8.32. The standard InChI is InChI=1S/C10H20N2OS/c1-9(2)12-7-6-10(11-12)13-8-14(3,4)5/h6-7,9H,8H2,1-5H3. The van der Waals surface area contributed by atoms with E-state index in [-0.39, 0.29) is 0 Å². The summed E-state index contributed by atoms with van der Waals surface area (Å²) in [5, 5.41) is 4.32. The van der Waals surface area contributed by atoms with Crippen LogP contribution in [0, 0.1) is 0 Å². The van der Waals surface area contributed by atoms with E-state index in [2.05, 4.69) is 37.7 Å². The topological polar surface area (TPSA) is 27.1 Å². The zero-order valence-corrected chi connectivity index (χ0v) is 10.5. The third-order valence-corrected chi connectivity index (χ3v) is 2.50. The van der Waals surface area contributed by atoms with E-state index < -0.39 is 10.0 Å². The van der Waals surface area contributed by atoms with Crippen molar-refractivity contribution in [3.63, 3.8) is 0 Å². The molecule has 0 aliphatic heterocycles. The Hall–Kier alpha value is -0.640. The van der Waals surface area contributed by atoms with Gasteiger partial charge in [0.25, 0.3) is 0 Å². The van der Waals surface area contributed by atoms with Gasteiger partial charge in [0, 0.05) is 18.3 Å². The summed E-state index contributed by atoms with van der Waals surface area (Å²) in [6, 6.07) is 2.32. The minimum Gasteiger partial charge on any atom is -0.467 e. The molecule has 0 spiro atoms. The van der Waals surface area contributed by atoms with Crippen molar-refractivity contribution in [1.82, 2.24) is 9.78 Å². The summed E-state index contributed by atoms with van der Waals surface area (Å²) >= 11 is 0. The average molecular weight is 216 g/mol. The lowest BCUT2D eigenvalue weighted by Gasteiger charge is -2.23. The number of nitrogens with zero attached hydrogens (tertiary/aromatic N) is 2. The van der Waals surface area contributed by atoms with Crippen molar-refractivity contribution in [2.75, 3.05) is 24.7 Å². The highest BCUT2D eigenvalue weighted by atomic mass is 32.3. The van der Waals surface area contributed by atoms with Crippen LogP contribution in [0.25, 0.3) is 0 Å². The molecule has 0 radical (unpaired) electrons. The van der Waals surface area contributed by atoms with Crippen LogP contribution < -0.4 is 4.74 Å². The lowest BCUT2D eigenvalue weighted by Crippen LogP contribution is -2.07. The number of hydrogen-bond acceptors (Lipinski definition) is 2. The van der Waals surface area contributed by atoms with Gasteiger partial charge in [0.15, 0.2) is 0 Å². The molecule has 0 aliphatic rings. The molecule has 0 fully saturated rings. The van der Waals surface area contributed by atoms with E-state index in [0.29, 0.717) is 6.04 Å². The molecule has 0 aliphatic carbocycles. The molecule has 1 rings (SSSR count). The zero-order valence-electron chi connectivity index (χ0n) is 9.65. The second-order valence-electron chi connectivity index (χ2n) is 4.58. The van der Waals surface area contributed by atoms with Crippen LogP contribution in [0.2, 0.25) is 0 Å². The van der Waals surface area contributed by atoms with Crippen molar-refractivity contribution in [3.05, 3.63) is 12.3 Å². The van der Waals surface area contributed by atoms with Crippen LogP contribution in [0.15, 0.2) is 12.3 Å². The lowest BCUT2D eigenvalue weighted by molar-refractivity contribution is 0.362. The molecule has 0 atom stereocenters. The molecule has 14 heavy (non-hydrogen) atoms. The van der Waals surface area contributed by atoms with Gasteiger partial charge < -0.3 is 4.74 Å². The molecule has 1 heterocycles. The Morgan fingerprint density at radius 1 is 1.43 bits per heavy atom. The maximum atomic E-state index is 5.61. The molecule has 1 aromatic rings. The van der Waals surface area contributed by atoms with Gasteiger partial charge in [-0.3, -0.25) is 4.68 Å². The summed E-state index contributed by atoms with van der Waals surface area (Å²) in [6.45, 7) is 4.21. The quantitative estimate of drug-likeness (QED) is 0.773. The Labute approximate surface area is 87.8 Å². The Morgan fingerprint density at radius 3 is 2.50 bits per heavy atom. The van der Waals surface area contributed by atoms with Gasteiger partial charge in [0.05, 0.1) is 0 Å². The van der Waals surface area contributed by atoms with Gasteiger partial charge in [0.2, 0.25) is 5.88 Å². The summed E-state index contributed by atoms with van der Waals surface area (Å²) in [5.41, 5.74) is 0. The predicted octanol–water partition coefficient (Wildman–Crippen LogP) is 2.49. The normalized spacial score (nSPS) is 13.3. The third kappa shape index (κ3) is 3.62. The van der Waals surface area contributed by atoms with Crippen molar-refractivity contribution >= 4 is 10.0 Å². The van der Waals surface area contributed by atoms with Crippen molar-refractivity contribution < 1.29 is 4.74 Å². The first-order valence-corrected chi connectivity index (χ1v) is 7.75. The van der Waals surface area contributed by atoms with Crippen LogP contribution >= 0.6 is 10.0 Å². The van der Waals surface area contributed by atoms with Crippen molar-refractivity contribution in [2.45, 2.75) is 19.9 Å². The van der Waals surface area contributed by atoms with E-state index in [4.69, 9.17) is 4.74 Å². The van der Waals surface area contributed by atoms with Crippen LogP contribution in [-0.4, -0.2) is 34.5 Å². The lowest BCUT2D eigenvalue weighted by atomic mass is 10.4. The Balaban J connectivity index is 2.52. The average Bonchev–Trinajstić information content (AvgIpc) is 2.47. The minimum absolute atomic E-state index is 0.398. The smallest absolute Gasteiger partial charge is 0.233 e. The molecule has 4 heteroatoms. The van der Waals surface area contributed by atoms with Gasteiger partial charge in [-0.2, -0.15) is 0 Å². The molecule has 0 amide bonds. The van der Waals surface area contributed by atoms with Gasteiger partial charge >= 0.3 is 0 Å². The van der Waals surface area contributed by atoms with Crippen LogP contribution in [0.4, 0.5) is 0 Å². The fourth-order valence-electron chi connectivity index (χ4n) is 0.922. The van der Waals surface area contributed by atoms with Gasteiger partial charge in [0.1, 0.15) is 5.94 Å². The Morgan fingerprint density at radius 2 is 2.07 bits per heavy atom. The van der Waals surface area contributed by atoms with E-state index in [9.17, 15) is 0 Å². The second kappa shape index (κ2) is 4.26. The number of hydrogen-bond donors (Lipinski definition) is 0. The first kappa shape index (κ1) is 11.4. The molecule has 0 unspecified atom stereocenters. The largest absolute Gasteiger partial charge is 0.467 e. The third-order valence-electron chi connectivity index (χ3n) is 1.67. The minimum atomic E-state index is -0.605. The maximum absolute atomic E-state index is 5.61. The first-order chi connectivity index (χ1) is 6.38. The molecule has 1 aromatic heterocycles. The number of rotatable bonds is 4. The van der Waals surface area contributed by atoms with Gasteiger partial charge in [-0.25, -0.2) is 10.0 Å². The molecule has 3 nitrogen and oxygen atoms in total. The number of ether oxygens (including phenoxy) is 1. The summed E-state index contributed by atoms with van der Waals surface area (Å²) in [7, 11) is -0.605. The summed E-state index contributed by atoms with van der Waals surface area (Å²) in [6.07, 6.45) is 8.64. The van der Waals surface area contributed by atoms with Gasteiger partial charge in [-0.05, 0) is 32.6 Å². The molecule has 0 aromatic carbocycles. The molecule has 82 valence electrons. The first-order valence-electron chi connectivity index (χ1n) is 4.72. The monoisotopic (exact) mass is 216 g/mol. The predicted molar refractivity (Wildman–Crippen MR) is 63.5 cm³/mol. The van der Waals surface area contributed by atoms with E-state index in [0.717, 1.165) is 11.8 Å². The molecule has 0 bridgehead atoms. The summed E-state index contributed by atoms with van der Waals surface area (Å²) in [5.74, 6) is 1.52. The zero-order chi connectivity index (χ0) is 10.8. The summed E-state index contributed by atoms with van der Waals surface area (Å²) in [4.78, 5) is 0. The molecular weight excluding hydrogens is 196 g/mol. The van der Waals surface area contributed by atoms with Crippen molar-refractivity contribution in [3.8, 4) is 5.88 Å². The van der Waals surface area contributed by atoms with Crippen LogP contribution in [0.5, 0.6) is 5.88 Å². The molecule has 0 saturated carbocycles. The van der Waals surface area contributed by atoms with E-state index >= 15 is 0 Å². The summed E-state index contributed by atoms with van der Waals surface area (Å²) < 4.78 is 7.52. The fourth-order valence-corrected chi connectivity index (χ4v) is 1.40. The van der Waals surface area contributed by atoms with Crippen LogP contribution in [0.1, 0.15) is 19.9 Å². The van der Waals surface area contributed by atoms with Gasteiger partial charge in [-0.15, -0.1) is 5.10 Å². The second-order valence-corrected chi connectivity index (χ2v) is 9.00. The molecular formula is C10H20N2OS. The highest BCUT2D eigenvalue weighted by Gasteiger charge is 2.07. The maximum Gasteiger partial charge on any atom is 0.233 e. The van der Waals surface area contributed by atoms with Crippen LogP contribution in [-0.2, 0) is 0 Å². The molecule has 0 saturated heterocycles. The number of aromatic nitrogens is 2. The SMILES string of the molecule is CC(C)n1ccc(OCS(C)(C)C)n1. The Kier molecular flexibility index (Phi) is 3.48. The molecule has 0 N–H and O–H groups in total. The van der Waals surface area contributed by atoms with Gasteiger partial charge in [-0.1, -0.05) is 0 Å². The Bertz CT molecular complexity index is 289. The fraction of sp³-hybridized carbons (Fsp3) is 0.700.